The van der Waals surface area contributed by atoms with E-state index in [2.05, 4.69) is 59.3 Å². The number of ether oxygens (including phenoxy) is 1. The fraction of sp³-hybridized carbons (Fsp3) is 0.531. The van der Waals surface area contributed by atoms with E-state index in [0.717, 1.165) is 37.5 Å². The summed E-state index contributed by atoms with van der Waals surface area (Å²) in [6.45, 7) is 3.37. The molecule has 3 N–H and O–H groups in total. The number of hydrogen-bond donors (Lipinski definition) is 3. The Morgan fingerprint density at radius 1 is 1.00 bits per heavy atom. The molecule has 0 radical (unpaired) electrons. The van der Waals surface area contributed by atoms with Crippen molar-refractivity contribution in [3.63, 3.8) is 0 Å². The van der Waals surface area contributed by atoms with Crippen LogP contribution in [0.15, 0.2) is 72.1 Å². The Bertz CT molecular complexity index is 1410. The highest BCUT2D eigenvalue weighted by Gasteiger charge is 2.68. The molecule has 198 valence electrons. The highest BCUT2D eigenvalue weighted by molar-refractivity contribution is 5.82. The number of rotatable bonds is 2. The molecule has 0 amide bonds. The van der Waals surface area contributed by atoms with Gasteiger partial charge in [0.25, 0.3) is 0 Å². The molecule has 1 aromatic carbocycles. The van der Waals surface area contributed by atoms with Crippen LogP contribution in [0.25, 0.3) is 10.8 Å². The van der Waals surface area contributed by atoms with Gasteiger partial charge < -0.3 is 20.1 Å². The minimum Gasteiger partial charge on any atom is -0.392 e. The maximum Gasteiger partial charge on any atom is 0.0976 e. The van der Waals surface area contributed by atoms with Crippen LogP contribution in [0.1, 0.15) is 50.5 Å². The minimum absolute atomic E-state index is 0.0429. The van der Waals surface area contributed by atoms with E-state index in [1.165, 1.54) is 22.1 Å². The van der Waals surface area contributed by atoms with Gasteiger partial charge in [0.2, 0.25) is 0 Å². The molecule has 6 nitrogen and oxygen atoms in total. The van der Waals surface area contributed by atoms with E-state index in [9.17, 15) is 15.3 Å². The summed E-state index contributed by atoms with van der Waals surface area (Å²) in [5.41, 5.74) is 2.93. The molecule has 3 aliphatic carbocycles. The quantitative estimate of drug-likeness (QED) is 0.570. The summed E-state index contributed by atoms with van der Waals surface area (Å²) in [6, 6.07) is 8.77. The third-order valence-electron chi connectivity index (χ3n) is 11.1. The number of pyridine rings is 1. The van der Waals surface area contributed by atoms with Crippen molar-refractivity contribution >= 4 is 10.8 Å². The standard InChI is InChI=1S/C32H36N2O4/c1-30-8-6-23-13-22-4-5-24(34-17-26(36)27(37)18-34)15-31(22)9-10-32(23,38-31)28(30)14-25(35)29(30)20-3-2-19-7-11-33-16-21(19)12-20/h2-7,11-13,16,24-29,35-37H,8-10,14-15,17-18H2,1H3/t24-,25-,26+,27+,28-,29?,30+,31-,32?/m1/s1. The molecule has 1 saturated carbocycles. The Kier molecular flexibility index (Phi) is 4.87. The second-order valence-corrected chi connectivity index (χ2v) is 13.0. The zero-order valence-electron chi connectivity index (χ0n) is 21.8. The van der Waals surface area contributed by atoms with Crippen LogP contribution in [0, 0.1) is 11.3 Å². The molecule has 3 aliphatic heterocycles. The van der Waals surface area contributed by atoms with E-state index in [1.807, 2.05) is 18.5 Å². The molecule has 2 unspecified atom stereocenters. The molecule has 3 fully saturated rings. The largest absolute Gasteiger partial charge is 0.392 e. The molecule has 2 spiro atoms. The van der Waals surface area contributed by atoms with Gasteiger partial charge in [-0.1, -0.05) is 43.4 Å². The van der Waals surface area contributed by atoms with Crippen molar-refractivity contribution in [2.45, 2.75) is 80.5 Å². The fourth-order valence-corrected chi connectivity index (χ4v) is 9.27. The number of nitrogens with zero attached hydrogens (tertiary/aromatic N) is 2. The van der Waals surface area contributed by atoms with Crippen molar-refractivity contribution in [2.75, 3.05) is 13.1 Å². The van der Waals surface area contributed by atoms with Gasteiger partial charge in [-0.25, -0.2) is 0 Å². The molecule has 8 rings (SSSR count). The van der Waals surface area contributed by atoms with Gasteiger partial charge in [-0.2, -0.15) is 0 Å². The van der Waals surface area contributed by atoms with Gasteiger partial charge in [-0.15, -0.1) is 0 Å². The lowest BCUT2D eigenvalue weighted by Gasteiger charge is -2.54. The average molecular weight is 513 g/mol. The van der Waals surface area contributed by atoms with Crippen LogP contribution in [0.4, 0.5) is 0 Å². The van der Waals surface area contributed by atoms with Gasteiger partial charge in [-0.05, 0) is 71.7 Å². The Morgan fingerprint density at radius 2 is 1.84 bits per heavy atom. The van der Waals surface area contributed by atoms with Crippen LogP contribution in [0.5, 0.6) is 0 Å². The maximum absolute atomic E-state index is 11.6. The molecular formula is C32H36N2O4. The highest BCUT2D eigenvalue weighted by Crippen LogP contribution is 2.69. The third kappa shape index (κ3) is 3.04. The predicted molar refractivity (Wildman–Crippen MR) is 144 cm³/mol. The minimum atomic E-state index is -0.684. The summed E-state index contributed by atoms with van der Waals surface area (Å²) in [5.74, 6) is 0.276. The molecule has 2 aromatic rings. The first-order valence-electron chi connectivity index (χ1n) is 14.2. The number of benzene rings is 1. The lowest BCUT2D eigenvalue weighted by atomic mass is 9.58. The van der Waals surface area contributed by atoms with E-state index in [-0.39, 0.29) is 34.5 Å². The van der Waals surface area contributed by atoms with Crippen LogP contribution < -0.4 is 0 Å². The molecule has 4 heterocycles. The zero-order valence-corrected chi connectivity index (χ0v) is 21.8. The molecule has 6 heteroatoms. The van der Waals surface area contributed by atoms with Gasteiger partial charge in [0.15, 0.2) is 0 Å². The Balaban J connectivity index is 1.15. The second-order valence-electron chi connectivity index (χ2n) is 13.0. The Labute approximate surface area is 223 Å². The summed E-state index contributed by atoms with van der Waals surface area (Å²) in [7, 11) is 0. The summed E-state index contributed by atoms with van der Waals surface area (Å²) in [6.07, 6.45) is 15.6. The maximum atomic E-state index is 11.6. The number of aromatic nitrogens is 1. The second kappa shape index (κ2) is 7.86. The van der Waals surface area contributed by atoms with E-state index in [4.69, 9.17) is 4.74 Å². The summed E-state index contributed by atoms with van der Waals surface area (Å²) in [4.78, 5) is 6.53. The first-order valence-corrected chi connectivity index (χ1v) is 14.2. The van der Waals surface area contributed by atoms with Gasteiger partial charge in [0.05, 0.1) is 29.5 Å². The number of aliphatic hydroxyl groups excluding tert-OH is 3. The van der Waals surface area contributed by atoms with Crippen molar-refractivity contribution in [3.8, 4) is 0 Å². The number of likely N-dealkylation sites (tertiary alicyclic amines) is 1. The Hall–Kier alpha value is -2.35. The topological polar surface area (TPSA) is 86.1 Å². The van der Waals surface area contributed by atoms with Crippen LogP contribution >= 0.6 is 0 Å². The van der Waals surface area contributed by atoms with E-state index in [1.54, 1.807) is 0 Å². The van der Waals surface area contributed by atoms with E-state index < -0.39 is 18.3 Å². The predicted octanol–water partition coefficient (Wildman–Crippen LogP) is 3.63. The molecule has 1 aromatic heterocycles. The number of hydrogen-bond acceptors (Lipinski definition) is 6. The SMILES string of the molecule is C[C@]12CC=C3C=C4C=C[C@@H](N5C[C@H](O)[C@@H](O)C5)C[C@]45CCC3(O5)[C@@H]1C[C@@H](O)C2c1ccc2ccncc2c1. The van der Waals surface area contributed by atoms with Crippen LogP contribution in [0.2, 0.25) is 0 Å². The van der Waals surface area contributed by atoms with E-state index >= 15 is 0 Å². The normalized spacial score (nSPS) is 45.5. The molecule has 2 saturated heterocycles. The molecule has 6 aliphatic rings. The lowest BCUT2D eigenvalue weighted by molar-refractivity contribution is -0.132. The van der Waals surface area contributed by atoms with Crippen molar-refractivity contribution in [2.24, 2.45) is 11.3 Å². The molecule has 2 bridgehead atoms. The summed E-state index contributed by atoms with van der Waals surface area (Å²) >= 11 is 0. The monoisotopic (exact) mass is 512 g/mol. The smallest absolute Gasteiger partial charge is 0.0976 e. The molecular weight excluding hydrogens is 476 g/mol. The van der Waals surface area contributed by atoms with Crippen molar-refractivity contribution < 1.29 is 20.1 Å². The van der Waals surface area contributed by atoms with E-state index in [0.29, 0.717) is 13.1 Å². The average Bonchev–Trinajstić information content (AvgIpc) is 3.51. The van der Waals surface area contributed by atoms with Gasteiger partial charge in [0.1, 0.15) is 0 Å². The number of aliphatic hydroxyl groups is 3. The van der Waals surface area contributed by atoms with Crippen molar-refractivity contribution in [3.05, 3.63) is 77.7 Å². The van der Waals surface area contributed by atoms with Gasteiger partial charge in [0, 0.05) is 48.7 Å². The fourth-order valence-electron chi connectivity index (χ4n) is 9.27. The number of β-amino-alcohol motifs (C(OH)–C–C–N with tert-alkyl or cyclic N) is 2. The number of allylic oxidation sites excluding steroid dienone is 1. The van der Waals surface area contributed by atoms with Crippen LogP contribution in [-0.2, 0) is 4.74 Å². The van der Waals surface area contributed by atoms with Crippen molar-refractivity contribution in [1.82, 2.24) is 9.88 Å². The highest BCUT2D eigenvalue weighted by atomic mass is 16.5. The van der Waals surface area contributed by atoms with Gasteiger partial charge in [-0.3, -0.25) is 9.88 Å². The number of fused-ring (bicyclic) bond motifs is 2. The van der Waals surface area contributed by atoms with Crippen LogP contribution in [0.3, 0.4) is 0 Å². The Morgan fingerprint density at radius 3 is 2.68 bits per heavy atom. The third-order valence-corrected chi connectivity index (χ3v) is 11.1. The van der Waals surface area contributed by atoms with Crippen molar-refractivity contribution in [1.29, 1.82) is 0 Å². The first kappa shape index (κ1) is 23.5. The molecule has 9 atom stereocenters. The van der Waals surface area contributed by atoms with Crippen LogP contribution in [-0.4, -0.2) is 73.8 Å². The first-order chi connectivity index (χ1) is 18.3. The molecule has 38 heavy (non-hydrogen) atoms. The van der Waals surface area contributed by atoms with Gasteiger partial charge >= 0.3 is 0 Å². The summed E-state index contributed by atoms with van der Waals surface area (Å²) < 4.78 is 7.35. The zero-order chi connectivity index (χ0) is 25.9. The summed E-state index contributed by atoms with van der Waals surface area (Å²) in [5, 5.41) is 34.2. The lowest BCUT2D eigenvalue weighted by Crippen LogP contribution is -2.54.